The minimum atomic E-state index is -3.68. The first kappa shape index (κ1) is 21.0. The quantitative estimate of drug-likeness (QED) is 0.618. The molecule has 0 saturated carbocycles. The van der Waals surface area contributed by atoms with Gasteiger partial charge in [-0.2, -0.15) is 4.31 Å². The number of thiophene rings is 1. The zero-order valence-corrected chi connectivity index (χ0v) is 18.6. The molecule has 0 radical (unpaired) electrons. The molecular weight excluding hydrogens is 464 g/mol. The van der Waals surface area contributed by atoms with Gasteiger partial charge >= 0.3 is 0 Å². The van der Waals surface area contributed by atoms with Gasteiger partial charge in [0.1, 0.15) is 10.6 Å². The van der Waals surface area contributed by atoms with Gasteiger partial charge in [-0.25, -0.2) is 8.42 Å². The number of hydrogen-bond acceptors (Lipinski definition) is 5. The molecule has 9 heteroatoms. The Labute approximate surface area is 177 Å². The average Bonchev–Trinajstić information content (AvgIpc) is 3.12. The first-order valence-corrected chi connectivity index (χ1v) is 11.9. The van der Waals surface area contributed by atoms with Gasteiger partial charge in [0.15, 0.2) is 0 Å². The molecule has 0 unspecified atom stereocenters. The van der Waals surface area contributed by atoms with Gasteiger partial charge in [-0.05, 0) is 65.2 Å². The lowest BCUT2D eigenvalue weighted by molar-refractivity contribution is -0.111. The van der Waals surface area contributed by atoms with Gasteiger partial charge in [-0.15, -0.1) is 11.3 Å². The Balaban J connectivity index is 1.80. The summed E-state index contributed by atoms with van der Waals surface area (Å²) in [6.07, 6.45) is 5.86. The molecule has 1 aliphatic rings. The summed E-state index contributed by atoms with van der Waals surface area (Å²) in [5, 5.41) is 2.71. The number of methoxy groups -OCH3 is 1. The highest BCUT2D eigenvalue weighted by molar-refractivity contribution is 9.11. The maximum atomic E-state index is 13.0. The fourth-order valence-electron chi connectivity index (χ4n) is 2.96. The van der Waals surface area contributed by atoms with Gasteiger partial charge in [0.2, 0.25) is 15.9 Å². The molecule has 1 fully saturated rings. The van der Waals surface area contributed by atoms with Crippen LogP contribution in [0.2, 0.25) is 0 Å². The summed E-state index contributed by atoms with van der Waals surface area (Å²) in [5.74, 6) is -0.0708. The van der Waals surface area contributed by atoms with E-state index in [-0.39, 0.29) is 16.6 Å². The van der Waals surface area contributed by atoms with Crippen molar-refractivity contribution in [2.24, 2.45) is 0 Å². The van der Waals surface area contributed by atoms with E-state index in [1.807, 2.05) is 12.1 Å². The molecule has 1 saturated heterocycles. The molecule has 0 spiro atoms. The number of nitrogens with zero attached hydrogens (tertiary/aromatic N) is 1. The molecule has 2 heterocycles. The summed E-state index contributed by atoms with van der Waals surface area (Å²) in [6, 6.07) is 8.45. The van der Waals surface area contributed by atoms with Crippen LogP contribution in [0.25, 0.3) is 6.08 Å². The molecule has 1 aromatic heterocycles. The number of carbonyl (C=O) groups is 1. The number of ether oxygens (including phenoxy) is 1. The number of amides is 1. The summed E-state index contributed by atoms with van der Waals surface area (Å²) in [4.78, 5) is 13.2. The molecule has 3 rings (SSSR count). The highest BCUT2D eigenvalue weighted by Crippen LogP contribution is 2.31. The highest BCUT2D eigenvalue weighted by Gasteiger charge is 2.29. The maximum absolute atomic E-state index is 13.0. The predicted molar refractivity (Wildman–Crippen MR) is 115 cm³/mol. The number of nitrogens with one attached hydrogen (secondary N) is 1. The van der Waals surface area contributed by atoms with Crippen molar-refractivity contribution in [1.29, 1.82) is 0 Å². The molecule has 1 aromatic carbocycles. The van der Waals surface area contributed by atoms with E-state index in [9.17, 15) is 13.2 Å². The molecule has 2 aromatic rings. The Morgan fingerprint density at radius 2 is 1.96 bits per heavy atom. The lowest BCUT2D eigenvalue weighted by Crippen LogP contribution is -2.35. The highest BCUT2D eigenvalue weighted by atomic mass is 79.9. The number of sulfonamides is 1. The number of carbonyl (C=O) groups excluding carboxylic acids is 1. The van der Waals surface area contributed by atoms with E-state index in [0.717, 1.165) is 27.9 Å². The summed E-state index contributed by atoms with van der Waals surface area (Å²) >= 11 is 4.89. The average molecular weight is 485 g/mol. The molecular formula is C19H21BrN2O4S2. The second kappa shape index (κ2) is 9.21. The van der Waals surface area contributed by atoms with E-state index < -0.39 is 10.0 Å². The van der Waals surface area contributed by atoms with Crippen LogP contribution < -0.4 is 10.1 Å². The zero-order valence-electron chi connectivity index (χ0n) is 15.4. The van der Waals surface area contributed by atoms with Gasteiger partial charge in [-0.3, -0.25) is 4.79 Å². The summed E-state index contributed by atoms with van der Waals surface area (Å²) < 4.78 is 33.8. The van der Waals surface area contributed by atoms with Crippen molar-refractivity contribution in [2.75, 3.05) is 25.5 Å². The summed E-state index contributed by atoms with van der Waals surface area (Å²) in [6.45, 7) is 1.00. The molecule has 28 heavy (non-hydrogen) atoms. The fraction of sp³-hybridized carbons (Fsp3) is 0.316. The van der Waals surface area contributed by atoms with Gasteiger partial charge in [-0.1, -0.05) is 6.42 Å². The van der Waals surface area contributed by atoms with Crippen molar-refractivity contribution >= 4 is 55.0 Å². The van der Waals surface area contributed by atoms with Crippen LogP contribution >= 0.6 is 27.3 Å². The molecule has 6 nitrogen and oxygen atoms in total. The van der Waals surface area contributed by atoms with Crippen LogP contribution in [0.3, 0.4) is 0 Å². The van der Waals surface area contributed by atoms with Crippen molar-refractivity contribution in [2.45, 2.75) is 24.2 Å². The van der Waals surface area contributed by atoms with Crippen LogP contribution in [0, 0.1) is 0 Å². The first-order chi connectivity index (χ1) is 13.4. The third-order valence-electron chi connectivity index (χ3n) is 4.36. The molecule has 1 aliphatic heterocycles. The Kier molecular flexibility index (Phi) is 6.92. The smallest absolute Gasteiger partial charge is 0.248 e. The Morgan fingerprint density at radius 3 is 2.61 bits per heavy atom. The van der Waals surface area contributed by atoms with Crippen LogP contribution in [-0.2, 0) is 14.8 Å². The van der Waals surface area contributed by atoms with Crippen LogP contribution in [0.4, 0.5) is 5.69 Å². The van der Waals surface area contributed by atoms with Gasteiger partial charge < -0.3 is 10.1 Å². The van der Waals surface area contributed by atoms with Gasteiger partial charge in [0.25, 0.3) is 0 Å². The third kappa shape index (κ3) is 5.02. The van der Waals surface area contributed by atoms with E-state index in [4.69, 9.17) is 4.74 Å². The van der Waals surface area contributed by atoms with E-state index in [2.05, 4.69) is 21.2 Å². The van der Waals surface area contributed by atoms with E-state index in [1.54, 1.807) is 18.2 Å². The summed E-state index contributed by atoms with van der Waals surface area (Å²) in [7, 11) is -2.24. The van der Waals surface area contributed by atoms with Crippen LogP contribution in [-0.4, -0.2) is 38.8 Å². The number of hydrogen-bond donors (Lipinski definition) is 1. The normalized spacial score (nSPS) is 15.6. The second-order valence-corrected chi connectivity index (χ2v) is 10.7. The fourth-order valence-corrected chi connectivity index (χ4v) is 5.98. The number of rotatable bonds is 6. The Hall–Kier alpha value is -1.68. The minimum absolute atomic E-state index is 0.0702. The van der Waals surface area contributed by atoms with Crippen molar-refractivity contribution < 1.29 is 17.9 Å². The maximum Gasteiger partial charge on any atom is 0.248 e. The monoisotopic (exact) mass is 484 g/mol. The SMILES string of the molecule is COc1ccc(NC(=O)C=Cc2ccc(Br)s2)cc1S(=O)(=O)N1CCCCC1. The molecule has 150 valence electrons. The van der Waals surface area contributed by atoms with Crippen molar-refractivity contribution in [1.82, 2.24) is 4.31 Å². The van der Waals surface area contributed by atoms with Crippen LogP contribution in [0.1, 0.15) is 24.1 Å². The molecule has 0 aliphatic carbocycles. The number of halogens is 1. The van der Waals surface area contributed by atoms with Crippen molar-refractivity contribution in [3.63, 3.8) is 0 Å². The van der Waals surface area contributed by atoms with Gasteiger partial charge in [0.05, 0.1) is 10.9 Å². The van der Waals surface area contributed by atoms with Crippen molar-refractivity contribution in [3.8, 4) is 5.75 Å². The second-order valence-electron chi connectivity index (χ2n) is 6.29. The molecule has 1 amide bonds. The molecule has 0 atom stereocenters. The van der Waals surface area contributed by atoms with Crippen LogP contribution in [0.15, 0.2) is 45.1 Å². The lowest BCUT2D eigenvalue weighted by atomic mass is 10.2. The number of benzene rings is 1. The van der Waals surface area contributed by atoms with E-state index in [1.165, 1.54) is 34.9 Å². The predicted octanol–water partition coefficient (Wildman–Crippen LogP) is 4.35. The molecule has 0 bridgehead atoms. The molecule has 1 N–H and O–H groups in total. The zero-order chi connectivity index (χ0) is 20.1. The standard InChI is InChI=1S/C19H21BrN2O4S2/c1-26-16-8-5-14(21-19(23)10-7-15-6-9-18(20)27-15)13-17(16)28(24,25)22-11-3-2-4-12-22/h5-10,13H,2-4,11-12H2,1H3,(H,21,23). The largest absolute Gasteiger partial charge is 0.495 e. The topological polar surface area (TPSA) is 75.7 Å². The van der Waals surface area contributed by atoms with E-state index in [0.29, 0.717) is 18.8 Å². The van der Waals surface area contributed by atoms with Crippen molar-refractivity contribution in [3.05, 3.63) is 45.1 Å². The third-order valence-corrected chi connectivity index (χ3v) is 7.87. The number of anilines is 1. The Morgan fingerprint density at radius 1 is 1.21 bits per heavy atom. The van der Waals surface area contributed by atoms with Gasteiger partial charge in [0, 0.05) is 29.7 Å². The Bertz CT molecular complexity index is 980. The number of piperidine rings is 1. The minimum Gasteiger partial charge on any atom is -0.495 e. The van der Waals surface area contributed by atoms with E-state index >= 15 is 0 Å². The summed E-state index contributed by atoms with van der Waals surface area (Å²) in [5.41, 5.74) is 0.401. The van der Waals surface area contributed by atoms with Crippen LogP contribution in [0.5, 0.6) is 5.75 Å². The lowest BCUT2D eigenvalue weighted by Gasteiger charge is -2.26. The first-order valence-electron chi connectivity index (χ1n) is 8.83.